The molecule has 0 spiro atoms. The molecule has 1 heterocycles. The lowest BCUT2D eigenvalue weighted by atomic mass is 10.1. The second-order valence-corrected chi connectivity index (χ2v) is 5.88. The summed E-state index contributed by atoms with van der Waals surface area (Å²) in [6.07, 6.45) is -5.10. The smallest absolute Gasteiger partial charge is 0.416 e. The number of aliphatic hydroxyl groups is 1. The molecule has 0 bridgehead atoms. The first-order chi connectivity index (χ1) is 12.8. The predicted molar refractivity (Wildman–Crippen MR) is 90.6 cm³/mol. The number of nitrogens with one attached hydrogen (secondary N) is 2. The third kappa shape index (κ3) is 4.82. The van der Waals surface area contributed by atoms with Gasteiger partial charge in [0.1, 0.15) is 0 Å². The number of urea groups is 1. The molecule has 2 aromatic rings. The van der Waals surface area contributed by atoms with Gasteiger partial charge < -0.3 is 25.2 Å². The van der Waals surface area contributed by atoms with Crippen molar-refractivity contribution in [2.45, 2.75) is 18.7 Å². The normalized spacial score (nSPS) is 13.9. The molecule has 3 rings (SSSR count). The summed E-state index contributed by atoms with van der Waals surface area (Å²) in [4.78, 5) is 11.8. The first-order valence-corrected chi connectivity index (χ1v) is 8.12. The molecule has 144 valence electrons. The van der Waals surface area contributed by atoms with Gasteiger partial charge in [-0.15, -0.1) is 0 Å². The number of aliphatic hydroxyl groups excluding tert-OH is 1. The van der Waals surface area contributed by atoms with E-state index in [-0.39, 0.29) is 25.4 Å². The predicted octanol–water partition coefficient (Wildman–Crippen LogP) is 3.68. The Kier molecular flexibility index (Phi) is 5.41. The Morgan fingerprint density at radius 1 is 1.15 bits per heavy atom. The lowest BCUT2D eigenvalue weighted by molar-refractivity contribution is -0.137. The van der Waals surface area contributed by atoms with Crippen LogP contribution in [0.5, 0.6) is 11.5 Å². The molecule has 3 N–H and O–H groups in total. The van der Waals surface area contributed by atoms with E-state index < -0.39 is 23.9 Å². The first kappa shape index (κ1) is 18.8. The number of halogens is 3. The number of carbonyl (C=O) groups is 1. The van der Waals surface area contributed by atoms with Crippen molar-refractivity contribution in [2.75, 3.05) is 18.7 Å². The van der Waals surface area contributed by atoms with Crippen LogP contribution >= 0.6 is 0 Å². The van der Waals surface area contributed by atoms with Crippen LogP contribution in [0.2, 0.25) is 0 Å². The third-order valence-corrected chi connectivity index (χ3v) is 3.93. The molecule has 0 saturated carbocycles. The van der Waals surface area contributed by atoms with Crippen LogP contribution in [0.25, 0.3) is 0 Å². The van der Waals surface area contributed by atoms with Gasteiger partial charge in [-0.05, 0) is 42.3 Å². The SMILES string of the molecule is O=C(NCC[C@H](O)c1ccc2c(c1)OCO2)Nc1cccc(C(F)(F)F)c1. The second kappa shape index (κ2) is 7.75. The zero-order valence-corrected chi connectivity index (χ0v) is 14.0. The van der Waals surface area contributed by atoms with Gasteiger partial charge in [0.15, 0.2) is 11.5 Å². The first-order valence-electron chi connectivity index (χ1n) is 8.12. The van der Waals surface area contributed by atoms with Gasteiger partial charge in [0.05, 0.1) is 11.7 Å². The molecular formula is C18H17F3N2O4. The highest BCUT2D eigenvalue weighted by molar-refractivity contribution is 5.89. The summed E-state index contributed by atoms with van der Waals surface area (Å²) in [5, 5.41) is 15.0. The van der Waals surface area contributed by atoms with E-state index >= 15 is 0 Å². The van der Waals surface area contributed by atoms with Gasteiger partial charge in [-0.1, -0.05) is 12.1 Å². The van der Waals surface area contributed by atoms with Crippen molar-refractivity contribution in [2.24, 2.45) is 0 Å². The highest BCUT2D eigenvalue weighted by atomic mass is 19.4. The Labute approximate surface area is 152 Å². The van der Waals surface area contributed by atoms with Crippen LogP contribution in [0.15, 0.2) is 42.5 Å². The summed E-state index contributed by atoms with van der Waals surface area (Å²) in [5.74, 6) is 1.14. The number of benzene rings is 2. The number of rotatable bonds is 5. The Morgan fingerprint density at radius 3 is 2.70 bits per heavy atom. The van der Waals surface area contributed by atoms with Gasteiger partial charge in [-0.3, -0.25) is 0 Å². The Morgan fingerprint density at radius 2 is 1.93 bits per heavy atom. The minimum Gasteiger partial charge on any atom is -0.454 e. The van der Waals surface area contributed by atoms with Crippen molar-refractivity contribution in [1.29, 1.82) is 0 Å². The number of anilines is 1. The number of alkyl halides is 3. The number of amides is 2. The monoisotopic (exact) mass is 382 g/mol. The third-order valence-electron chi connectivity index (χ3n) is 3.93. The number of fused-ring (bicyclic) bond motifs is 1. The Hall–Kier alpha value is -2.94. The van der Waals surface area contributed by atoms with E-state index in [1.165, 1.54) is 12.1 Å². The number of hydrogen-bond donors (Lipinski definition) is 3. The zero-order chi connectivity index (χ0) is 19.4. The van der Waals surface area contributed by atoms with E-state index in [4.69, 9.17) is 9.47 Å². The van der Waals surface area contributed by atoms with Crippen LogP contribution in [-0.4, -0.2) is 24.5 Å². The summed E-state index contributed by atoms with van der Waals surface area (Å²) >= 11 is 0. The van der Waals surface area contributed by atoms with Crippen molar-refractivity contribution >= 4 is 11.7 Å². The fourth-order valence-electron chi connectivity index (χ4n) is 2.56. The minimum absolute atomic E-state index is 0.0265. The van der Waals surface area contributed by atoms with Crippen molar-refractivity contribution in [1.82, 2.24) is 5.32 Å². The molecular weight excluding hydrogens is 365 g/mol. The molecule has 6 nitrogen and oxygen atoms in total. The average molecular weight is 382 g/mol. The fourth-order valence-corrected chi connectivity index (χ4v) is 2.56. The van der Waals surface area contributed by atoms with Crippen LogP contribution in [0.1, 0.15) is 23.7 Å². The van der Waals surface area contributed by atoms with Gasteiger partial charge in [-0.2, -0.15) is 13.2 Å². The van der Waals surface area contributed by atoms with Gasteiger partial charge in [0.25, 0.3) is 0 Å². The quantitative estimate of drug-likeness (QED) is 0.737. The summed E-state index contributed by atoms with van der Waals surface area (Å²) < 4.78 is 48.4. The fraction of sp³-hybridized carbons (Fsp3) is 0.278. The molecule has 27 heavy (non-hydrogen) atoms. The van der Waals surface area contributed by atoms with E-state index in [0.717, 1.165) is 12.1 Å². The topological polar surface area (TPSA) is 79.8 Å². The van der Waals surface area contributed by atoms with E-state index in [1.54, 1.807) is 18.2 Å². The standard InChI is InChI=1S/C18H17F3N2O4/c19-18(20,21)12-2-1-3-13(9-12)23-17(25)22-7-6-14(24)11-4-5-15-16(8-11)27-10-26-15/h1-5,8-9,14,24H,6-7,10H2,(H2,22,23,25)/t14-/m0/s1. The summed E-state index contributed by atoms with van der Waals surface area (Å²) in [7, 11) is 0. The van der Waals surface area contributed by atoms with Gasteiger partial charge in [0, 0.05) is 12.2 Å². The maximum Gasteiger partial charge on any atom is 0.416 e. The number of ether oxygens (including phenoxy) is 2. The van der Waals surface area contributed by atoms with E-state index in [2.05, 4.69) is 10.6 Å². The molecule has 0 saturated heterocycles. The van der Waals surface area contributed by atoms with Crippen molar-refractivity contribution in [3.63, 3.8) is 0 Å². The second-order valence-electron chi connectivity index (χ2n) is 5.88. The maximum atomic E-state index is 12.7. The maximum absolute atomic E-state index is 12.7. The molecule has 9 heteroatoms. The lowest BCUT2D eigenvalue weighted by Gasteiger charge is -2.13. The van der Waals surface area contributed by atoms with Gasteiger partial charge >= 0.3 is 12.2 Å². The minimum atomic E-state index is -4.48. The molecule has 2 aromatic carbocycles. The Bertz CT molecular complexity index is 826. The summed E-state index contributed by atoms with van der Waals surface area (Å²) in [6, 6.07) is 8.72. The van der Waals surface area contributed by atoms with E-state index in [0.29, 0.717) is 17.1 Å². The largest absolute Gasteiger partial charge is 0.454 e. The number of hydrogen-bond acceptors (Lipinski definition) is 4. The summed E-state index contributed by atoms with van der Waals surface area (Å²) in [6.45, 7) is 0.256. The molecule has 1 atom stereocenters. The molecule has 0 aliphatic carbocycles. The van der Waals surface area contributed by atoms with Crippen LogP contribution < -0.4 is 20.1 Å². The molecule has 1 aliphatic heterocycles. The van der Waals surface area contributed by atoms with Crippen LogP contribution in [-0.2, 0) is 6.18 Å². The van der Waals surface area contributed by atoms with Crippen LogP contribution in [0, 0.1) is 0 Å². The molecule has 1 aliphatic rings. The van der Waals surface area contributed by atoms with E-state index in [9.17, 15) is 23.1 Å². The van der Waals surface area contributed by atoms with Gasteiger partial charge in [0.2, 0.25) is 6.79 Å². The highest BCUT2D eigenvalue weighted by Crippen LogP contribution is 2.34. The zero-order valence-electron chi connectivity index (χ0n) is 14.0. The van der Waals surface area contributed by atoms with E-state index in [1.807, 2.05) is 0 Å². The van der Waals surface area contributed by atoms with Gasteiger partial charge in [-0.25, -0.2) is 4.79 Å². The summed E-state index contributed by atoms with van der Waals surface area (Å²) in [5.41, 5.74) is -0.212. The number of carbonyl (C=O) groups excluding carboxylic acids is 1. The molecule has 2 amide bonds. The lowest BCUT2D eigenvalue weighted by Crippen LogP contribution is -2.30. The average Bonchev–Trinajstić information content (AvgIpc) is 3.08. The molecule has 0 fully saturated rings. The van der Waals surface area contributed by atoms with Crippen molar-refractivity contribution < 1.29 is 32.5 Å². The molecule has 0 radical (unpaired) electrons. The molecule has 0 unspecified atom stereocenters. The van der Waals surface area contributed by atoms with Crippen LogP contribution in [0.4, 0.5) is 23.7 Å². The highest BCUT2D eigenvalue weighted by Gasteiger charge is 2.30. The van der Waals surface area contributed by atoms with Crippen molar-refractivity contribution in [3.05, 3.63) is 53.6 Å². The molecule has 0 aromatic heterocycles. The van der Waals surface area contributed by atoms with Crippen molar-refractivity contribution in [3.8, 4) is 11.5 Å². The van der Waals surface area contributed by atoms with Crippen LogP contribution in [0.3, 0.4) is 0 Å². The Balaban J connectivity index is 1.48.